The van der Waals surface area contributed by atoms with Gasteiger partial charge in [-0.25, -0.2) is 4.98 Å². The monoisotopic (exact) mass is 200 g/mol. The number of hydrogen-bond donors (Lipinski definition) is 1. The number of nitrogens with zero attached hydrogens (tertiary/aromatic N) is 1. The van der Waals surface area contributed by atoms with Crippen molar-refractivity contribution in [2.75, 3.05) is 12.3 Å². The van der Waals surface area contributed by atoms with E-state index in [1.165, 1.54) is 11.3 Å². The molecule has 4 heteroatoms. The minimum atomic E-state index is 0.412. The fourth-order valence-electron chi connectivity index (χ4n) is 1.18. The van der Waals surface area contributed by atoms with Gasteiger partial charge in [0.1, 0.15) is 5.15 Å². The predicted octanol–water partition coefficient (Wildman–Crippen LogP) is 2.07. The van der Waals surface area contributed by atoms with Gasteiger partial charge in [-0.15, -0.1) is 11.8 Å². The van der Waals surface area contributed by atoms with Crippen LogP contribution >= 0.6 is 23.4 Å². The van der Waals surface area contributed by atoms with Crippen LogP contribution in [0.1, 0.15) is 10.9 Å². The lowest BCUT2D eigenvalue weighted by atomic mass is 10.3. The Labute approximate surface area is 80.7 Å². The second kappa shape index (κ2) is 3.64. The summed E-state index contributed by atoms with van der Waals surface area (Å²) in [7, 11) is 0. The third-order valence-corrected chi connectivity index (χ3v) is 3.20. The van der Waals surface area contributed by atoms with Crippen molar-refractivity contribution in [2.24, 2.45) is 0 Å². The zero-order valence-electron chi connectivity index (χ0n) is 6.46. The molecule has 0 radical (unpaired) electrons. The van der Waals surface area contributed by atoms with Gasteiger partial charge in [-0.05, 0) is 11.6 Å². The summed E-state index contributed by atoms with van der Waals surface area (Å²) in [6, 6.07) is 3.85. The maximum absolute atomic E-state index is 5.68. The van der Waals surface area contributed by atoms with Crippen LogP contribution in [-0.2, 0) is 0 Å². The van der Waals surface area contributed by atoms with E-state index in [0.29, 0.717) is 10.5 Å². The lowest BCUT2D eigenvalue weighted by molar-refractivity contribution is 0.748. The normalized spacial score (nSPS) is 22.9. The lowest BCUT2D eigenvalue weighted by Crippen LogP contribution is -2.11. The van der Waals surface area contributed by atoms with Crippen LogP contribution in [0.3, 0.4) is 0 Å². The molecule has 0 bridgehead atoms. The van der Waals surface area contributed by atoms with E-state index in [9.17, 15) is 0 Å². The van der Waals surface area contributed by atoms with Crippen LogP contribution in [0, 0.1) is 0 Å². The van der Waals surface area contributed by atoms with Gasteiger partial charge in [0.15, 0.2) is 0 Å². The van der Waals surface area contributed by atoms with Crippen LogP contribution in [0.4, 0.5) is 0 Å². The second-order valence-corrected chi connectivity index (χ2v) is 4.22. The molecule has 1 aliphatic rings. The summed E-state index contributed by atoms with van der Waals surface area (Å²) in [6.45, 7) is 1.08. The maximum atomic E-state index is 5.68. The van der Waals surface area contributed by atoms with Gasteiger partial charge in [-0.1, -0.05) is 17.7 Å². The number of thioether (sulfide) groups is 1. The molecule has 1 unspecified atom stereocenters. The zero-order chi connectivity index (χ0) is 8.39. The van der Waals surface area contributed by atoms with E-state index < -0.39 is 0 Å². The average Bonchev–Trinajstić information content (AvgIpc) is 2.58. The number of hydrogen-bond acceptors (Lipinski definition) is 3. The average molecular weight is 201 g/mol. The molecular weight excluding hydrogens is 192 g/mol. The highest BCUT2D eigenvalue weighted by Gasteiger charge is 2.16. The molecule has 0 spiro atoms. The Kier molecular flexibility index (Phi) is 2.54. The van der Waals surface area contributed by atoms with Gasteiger partial charge < -0.3 is 5.32 Å². The van der Waals surface area contributed by atoms with Crippen LogP contribution < -0.4 is 5.32 Å². The van der Waals surface area contributed by atoms with Crippen LogP contribution in [-0.4, -0.2) is 17.3 Å². The van der Waals surface area contributed by atoms with Crippen molar-refractivity contribution >= 4 is 23.4 Å². The molecule has 0 amide bonds. The summed E-state index contributed by atoms with van der Waals surface area (Å²) in [6.07, 6.45) is 1.83. The van der Waals surface area contributed by atoms with Crippen molar-refractivity contribution in [3.05, 3.63) is 29.0 Å². The molecule has 2 nitrogen and oxygen atoms in total. The van der Waals surface area contributed by atoms with E-state index in [2.05, 4.69) is 10.3 Å². The lowest BCUT2D eigenvalue weighted by Gasteiger charge is -2.08. The Morgan fingerprint density at radius 2 is 2.50 bits per heavy atom. The highest BCUT2D eigenvalue weighted by molar-refractivity contribution is 7.99. The summed E-state index contributed by atoms with van der Waals surface area (Å²) < 4.78 is 0. The van der Waals surface area contributed by atoms with Crippen LogP contribution in [0.5, 0.6) is 0 Å². The molecule has 64 valence electrons. The fraction of sp³-hybridized carbons (Fsp3) is 0.375. The molecule has 1 N–H and O–H groups in total. The predicted molar refractivity (Wildman–Crippen MR) is 52.4 cm³/mol. The summed E-state index contributed by atoms with van der Waals surface area (Å²) in [5, 5.41) is 4.34. The molecule has 1 fully saturated rings. The summed E-state index contributed by atoms with van der Waals surface area (Å²) in [5.41, 5.74) is 1.21. The smallest absolute Gasteiger partial charge is 0.129 e. The van der Waals surface area contributed by atoms with E-state index in [4.69, 9.17) is 11.6 Å². The Balaban J connectivity index is 2.17. The number of nitrogens with one attached hydrogen (secondary N) is 1. The summed E-state index contributed by atoms with van der Waals surface area (Å²) >= 11 is 7.59. The molecule has 0 aliphatic carbocycles. The first kappa shape index (κ1) is 8.35. The summed E-state index contributed by atoms with van der Waals surface area (Å²) in [4.78, 5) is 4.04. The highest BCUT2D eigenvalue weighted by Crippen LogP contribution is 2.29. The number of pyridine rings is 1. The van der Waals surface area contributed by atoms with Crippen molar-refractivity contribution < 1.29 is 0 Å². The third kappa shape index (κ3) is 1.73. The Morgan fingerprint density at radius 1 is 1.58 bits per heavy atom. The fourth-order valence-corrected chi connectivity index (χ4v) is 2.33. The molecule has 1 atom stereocenters. The number of aromatic nitrogens is 1. The Bertz CT molecular complexity index is 256. The number of halogens is 1. The molecule has 2 rings (SSSR count). The van der Waals surface area contributed by atoms with Crippen molar-refractivity contribution in [1.29, 1.82) is 0 Å². The topological polar surface area (TPSA) is 24.9 Å². The first-order valence-corrected chi connectivity index (χ1v) is 5.25. The Morgan fingerprint density at radius 3 is 3.08 bits per heavy atom. The van der Waals surface area contributed by atoms with E-state index in [-0.39, 0.29) is 0 Å². The van der Waals surface area contributed by atoms with Crippen molar-refractivity contribution in [3.63, 3.8) is 0 Å². The minimum Gasteiger partial charge on any atom is -0.301 e. The largest absolute Gasteiger partial charge is 0.301 e. The van der Waals surface area contributed by atoms with Gasteiger partial charge in [0.25, 0.3) is 0 Å². The molecule has 2 heterocycles. The minimum absolute atomic E-state index is 0.412. The van der Waals surface area contributed by atoms with Crippen LogP contribution in [0.25, 0.3) is 0 Å². The first-order valence-electron chi connectivity index (χ1n) is 3.83. The third-order valence-electron chi connectivity index (χ3n) is 1.77. The van der Waals surface area contributed by atoms with E-state index in [0.717, 1.165) is 6.54 Å². The maximum Gasteiger partial charge on any atom is 0.129 e. The van der Waals surface area contributed by atoms with Gasteiger partial charge in [0.05, 0.1) is 5.37 Å². The zero-order valence-corrected chi connectivity index (χ0v) is 8.03. The molecule has 1 saturated heterocycles. The van der Waals surface area contributed by atoms with Gasteiger partial charge in [-0.3, -0.25) is 0 Å². The van der Waals surface area contributed by atoms with E-state index in [1.54, 1.807) is 0 Å². The van der Waals surface area contributed by atoms with Gasteiger partial charge in [0, 0.05) is 18.5 Å². The first-order chi connectivity index (χ1) is 5.86. The quantitative estimate of drug-likeness (QED) is 0.703. The second-order valence-electron chi connectivity index (χ2n) is 2.62. The van der Waals surface area contributed by atoms with Crippen molar-refractivity contribution in [2.45, 2.75) is 5.37 Å². The molecule has 12 heavy (non-hydrogen) atoms. The molecule has 0 aromatic carbocycles. The van der Waals surface area contributed by atoms with Gasteiger partial charge in [-0.2, -0.15) is 0 Å². The summed E-state index contributed by atoms with van der Waals surface area (Å²) in [5.74, 6) is 1.17. The standard InChI is InChI=1S/C8H9ClN2S/c9-7-2-1-6(5-11-7)8-10-3-4-12-8/h1-2,5,8,10H,3-4H2. The van der Waals surface area contributed by atoms with Crippen molar-refractivity contribution in [3.8, 4) is 0 Å². The van der Waals surface area contributed by atoms with E-state index in [1.807, 2.05) is 30.1 Å². The van der Waals surface area contributed by atoms with Gasteiger partial charge >= 0.3 is 0 Å². The molecule has 1 aliphatic heterocycles. The molecule has 1 aromatic heterocycles. The molecule has 0 saturated carbocycles. The Hall–Kier alpha value is -0.250. The van der Waals surface area contributed by atoms with Crippen molar-refractivity contribution in [1.82, 2.24) is 10.3 Å². The van der Waals surface area contributed by atoms with Crippen LogP contribution in [0.2, 0.25) is 5.15 Å². The molecule has 1 aromatic rings. The molecular formula is C8H9ClN2S. The SMILES string of the molecule is Clc1ccc(C2NCCS2)cn1. The highest BCUT2D eigenvalue weighted by atomic mass is 35.5. The van der Waals surface area contributed by atoms with Gasteiger partial charge in [0.2, 0.25) is 0 Å². The number of rotatable bonds is 1. The van der Waals surface area contributed by atoms with Crippen LogP contribution in [0.15, 0.2) is 18.3 Å². The van der Waals surface area contributed by atoms with E-state index >= 15 is 0 Å².